The molecule has 0 radical (unpaired) electrons. The Morgan fingerprint density at radius 2 is 2.04 bits per heavy atom. The van der Waals surface area contributed by atoms with Gasteiger partial charge in [-0.3, -0.25) is 9.89 Å². The maximum Gasteiger partial charge on any atom is 0.194 e. The van der Waals surface area contributed by atoms with E-state index in [9.17, 15) is 0 Å². The number of nitrogens with zero attached hydrogens (tertiary/aromatic N) is 3. The van der Waals surface area contributed by atoms with Crippen LogP contribution < -0.4 is 11.1 Å². The third-order valence-electron chi connectivity index (χ3n) is 4.07. The second-order valence-electron chi connectivity index (χ2n) is 6.13. The summed E-state index contributed by atoms with van der Waals surface area (Å²) in [6.45, 7) is 4.13. The SMILES string of the molecule is I.NC(=NCC1CN(Cc2ccccc2)CCCO1)Nc1ccccn1. The average molecular weight is 467 g/mol. The van der Waals surface area contributed by atoms with Crippen molar-refractivity contribution in [1.82, 2.24) is 9.88 Å². The van der Waals surface area contributed by atoms with Gasteiger partial charge in [0.25, 0.3) is 0 Å². The van der Waals surface area contributed by atoms with E-state index in [2.05, 4.69) is 44.5 Å². The number of hydrogen-bond acceptors (Lipinski definition) is 4. The molecule has 0 saturated carbocycles. The van der Waals surface area contributed by atoms with E-state index >= 15 is 0 Å². The highest BCUT2D eigenvalue weighted by atomic mass is 127. The number of ether oxygens (including phenoxy) is 1. The van der Waals surface area contributed by atoms with Crippen LogP contribution in [0.25, 0.3) is 0 Å². The summed E-state index contributed by atoms with van der Waals surface area (Å²) >= 11 is 0. The summed E-state index contributed by atoms with van der Waals surface area (Å²) in [5.41, 5.74) is 7.27. The summed E-state index contributed by atoms with van der Waals surface area (Å²) in [5.74, 6) is 1.05. The number of benzene rings is 1. The molecular formula is C19H26IN5O. The quantitative estimate of drug-likeness (QED) is 0.402. The third kappa shape index (κ3) is 6.89. The normalized spacial score (nSPS) is 18.6. The van der Waals surface area contributed by atoms with Crippen LogP contribution in [0.4, 0.5) is 5.82 Å². The van der Waals surface area contributed by atoms with Crippen LogP contribution in [0.2, 0.25) is 0 Å². The lowest BCUT2D eigenvalue weighted by atomic mass is 10.2. The van der Waals surface area contributed by atoms with E-state index in [1.807, 2.05) is 24.3 Å². The predicted octanol–water partition coefficient (Wildman–Crippen LogP) is 2.72. The average Bonchev–Trinajstić information content (AvgIpc) is 2.87. The van der Waals surface area contributed by atoms with Gasteiger partial charge in [-0.05, 0) is 24.1 Å². The van der Waals surface area contributed by atoms with E-state index in [4.69, 9.17) is 10.5 Å². The van der Waals surface area contributed by atoms with Gasteiger partial charge in [0, 0.05) is 32.4 Å². The van der Waals surface area contributed by atoms with Gasteiger partial charge >= 0.3 is 0 Å². The Kier molecular flexibility index (Phi) is 8.79. The van der Waals surface area contributed by atoms with Crippen LogP contribution in [0.3, 0.4) is 0 Å². The molecule has 1 fully saturated rings. The molecule has 0 bridgehead atoms. The maximum atomic E-state index is 5.95. The minimum Gasteiger partial charge on any atom is -0.375 e. The fourth-order valence-corrected chi connectivity index (χ4v) is 2.87. The monoisotopic (exact) mass is 467 g/mol. The van der Waals surface area contributed by atoms with Crippen LogP contribution in [0.15, 0.2) is 59.7 Å². The lowest BCUT2D eigenvalue weighted by molar-refractivity contribution is 0.0600. The van der Waals surface area contributed by atoms with Gasteiger partial charge in [0.05, 0.1) is 12.6 Å². The van der Waals surface area contributed by atoms with Gasteiger partial charge in [-0.1, -0.05) is 36.4 Å². The zero-order valence-corrected chi connectivity index (χ0v) is 17.1. The Balaban J connectivity index is 0.00000243. The Labute approximate surface area is 171 Å². The molecule has 26 heavy (non-hydrogen) atoms. The van der Waals surface area contributed by atoms with Crippen LogP contribution in [0, 0.1) is 0 Å². The number of guanidine groups is 1. The highest BCUT2D eigenvalue weighted by Crippen LogP contribution is 2.11. The minimum absolute atomic E-state index is 0. The molecule has 2 heterocycles. The van der Waals surface area contributed by atoms with Gasteiger partial charge in [-0.15, -0.1) is 24.0 Å². The second kappa shape index (κ2) is 11.1. The standard InChI is InChI=1S/C19H25N5O.HI/c20-19(23-18-9-4-5-10-21-18)22-13-17-15-24(11-6-12-25-17)14-16-7-2-1-3-8-16;/h1-5,7-10,17H,6,11-15H2,(H3,20,21,22,23);1H. The number of nitrogens with two attached hydrogens (primary N) is 1. The highest BCUT2D eigenvalue weighted by Gasteiger charge is 2.18. The number of anilines is 1. The van der Waals surface area contributed by atoms with E-state index in [0.717, 1.165) is 32.7 Å². The van der Waals surface area contributed by atoms with Crippen LogP contribution in [0.5, 0.6) is 0 Å². The number of hydrogen-bond donors (Lipinski definition) is 2. The molecule has 140 valence electrons. The number of aromatic nitrogens is 1. The molecule has 1 aliphatic rings. The Hall–Kier alpha value is -1.71. The largest absolute Gasteiger partial charge is 0.375 e. The van der Waals surface area contributed by atoms with Gasteiger partial charge in [0.2, 0.25) is 0 Å². The van der Waals surface area contributed by atoms with E-state index in [1.165, 1.54) is 5.56 Å². The highest BCUT2D eigenvalue weighted by molar-refractivity contribution is 14.0. The first kappa shape index (κ1) is 20.6. The van der Waals surface area contributed by atoms with E-state index < -0.39 is 0 Å². The first-order valence-electron chi connectivity index (χ1n) is 8.65. The van der Waals surface area contributed by atoms with Gasteiger partial charge in [0.1, 0.15) is 5.82 Å². The molecule has 6 nitrogen and oxygen atoms in total. The molecule has 3 N–H and O–H groups in total. The number of nitrogens with one attached hydrogen (secondary N) is 1. The number of aliphatic imine (C=N–C) groups is 1. The third-order valence-corrected chi connectivity index (χ3v) is 4.07. The molecule has 2 aromatic rings. The molecule has 3 rings (SSSR count). The molecule has 7 heteroatoms. The number of rotatable bonds is 5. The lowest BCUT2D eigenvalue weighted by Gasteiger charge is -2.23. The molecule has 0 amide bonds. The van der Waals surface area contributed by atoms with Crippen molar-refractivity contribution in [2.75, 3.05) is 31.6 Å². The summed E-state index contributed by atoms with van der Waals surface area (Å²) in [5, 5.41) is 3.00. The minimum atomic E-state index is 0. The Bertz CT molecular complexity index is 668. The first-order chi connectivity index (χ1) is 12.3. The van der Waals surface area contributed by atoms with E-state index in [0.29, 0.717) is 18.3 Å². The molecule has 1 saturated heterocycles. The first-order valence-corrected chi connectivity index (χ1v) is 8.65. The Morgan fingerprint density at radius 3 is 2.81 bits per heavy atom. The van der Waals surface area contributed by atoms with Crippen molar-refractivity contribution in [2.24, 2.45) is 10.7 Å². The van der Waals surface area contributed by atoms with Crippen molar-refractivity contribution in [3.05, 3.63) is 60.3 Å². The lowest BCUT2D eigenvalue weighted by Crippen LogP contribution is -2.34. The van der Waals surface area contributed by atoms with Crippen molar-refractivity contribution in [3.63, 3.8) is 0 Å². The van der Waals surface area contributed by atoms with Crippen molar-refractivity contribution in [2.45, 2.75) is 19.1 Å². The van der Waals surface area contributed by atoms with Gasteiger partial charge in [0.15, 0.2) is 5.96 Å². The van der Waals surface area contributed by atoms with E-state index in [1.54, 1.807) is 6.20 Å². The van der Waals surface area contributed by atoms with Gasteiger partial charge < -0.3 is 15.8 Å². The zero-order valence-electron chi connectivity index (χ0n) is 14.8. The smallest absolute Gasteiger partial charge is 0.194 e. The molecule has 0 spiro atoms. The Morgan fingerprint density at radius 1 is 1.23 bits per heavy atom. The summed E-state index contributed by atoms with van der Waals surface area (Å²) in [6.07, 6.45) is 2.80. The molecular weight excluding hydrogens is 441 g/mol. The maximum absolute atomic E-state index is 5.95. The topological polar surface area (TPSA) is 75.8 Å². The number of pyridine rings is 1. The summed E-state index contributed by atoms with van der Waals surface area (Å²) < 4.78 is 5.92. The molecule has 1 aliphatic heterocycles. The van der Waals surface area contributed by atoms with Crippen molar-refractivity contribution in [1.29, 1.82) is 0 Å². The summed E-state index contributed by atoms with van der Waals surface area (Å²) in [6, 6.07) is 16.1. The predicted molar refractivity (Wildman–Crippen MR) is 116 cm³/mol. The zero-order chi connectivity index (χ0) is 17.3. The van der Waals surface area contributed by atoms with Crippen molar-refractivity contribution in [3.8, 4) is 0 Å². The van der Waals surface area contributed by atoms with Crippen LogP contribution in [-0.2, 0) is 11.3 Å². The van der Waals surface area contributed by atoms with Crippen molar-refractivity contribution >= 4 is 35.8 Å². The molecule has 0 aliphatic carbocycles. The van der Waals surface area contributed by atoms with Gasteiger partial charge in [-0.25, -0.2) is 4.98 Å². The molecule has 1 atom stereocenters. The van der Waals surface area contributed by atoms with Crippen molar-refractivity contribution < 1.29 is 4.74 Å². The van der Waals surface area contributed by atoms with Crippen LogP contribution >= 0.6 is 24.0 Å². The molecule has 1 unspecified atom stereocenters. The molecule has 1 aromatic carbocycles. The van der Waals surface area contributed by atoms with E-state index in [-0.39, 0.29) is 30.1 Å². The van der Waals surface area contributed by atoms with Gasteiger partial charge in [-0.2, -0.15) is 0 Å². The summed E-state index contributed by atoms with van der Waals surface area (Å²) in [7, 11) is 0. The summed E-state index contributed by atoms with van der Waals surface area (Å²) in [4.78, 5) is 11.0. The fourth-order valence-electron chi connectivity index (χ4n) is 2.87. The van der Waals surface area contributed by atoms with Crippen LogP contribution in [0.1, 0.15) is 12.0 Å². The fraction of sp³-hybridized carbons (Fsp3) is 0.368. The molecule has 1 aromatic heterocycles. The second-order valence-corrected chi connectivity index (χ2v) is 6.13. The van der Waals surface area contributed by atoms with Crippen LogP contribution in [-0.4, -0.2) is 48.2 Å². The number of halogens is 1.